The minimum atomic E-state index is -0.690. The van der Waals surface area contributed by atoms with E-state index in [0.29, 0.717) is 37.6 Å². The van der Waals surface area contributed by atoms with Crippen LogP contribution in [0.5, 0.6) is 11.5 Å². The number of carbonyl (C=O) groups excluding carboxylic acids is 2. The van der Waals surface area contributed by atoms with Crippen LogP contribution in [0, 0.1) is 0 Å². The second kappa shape index (κ2) is 7.11. The quantitative estimate of drug-likeness (QED) is 0.842. The summed E-state index contributed by atoms with van der Waals surface area (Å²) >= 11 is 0. The molecule has 2 aliphatic rings. The topological polar surface area (TPSA) is 59.1 Å². The van der Waals surface area contributed by atoms with Gasteiger partial charge in [0.2, 0.25) is 12.0 Å². The second-order valence-electron chi connectivity index (χ2n) is 6.06. The molecule has 6 heteroatoms. The van der Waals surface area contributed by atoms with E-state index in [9.17, 15) is 9.59 Å². The number of para-hydroxylation sites is 2. The van der Waals surface area contributed by atoms with Gasteiger partial charge in [0.25, 0.3) is 5.91 Å². The monoisotopic (exact) mass is 332 g/mol. The molecule has 24 heavy (non-hydrogen) atoms. The van der Waals surface area contributed by atoms with Gasteiger partial charge in [-0.25, -0.2) is 0 Å². The fourth-order valence-corrected chi connectivity index (χ4v) is 3.36. The van der Waals surface area contributed by atoms with Gasteiger partial charge < -0.3 is 19.3 Å². The normalized spacial score (nSPS) is 22.3. The van der Waals surface area contributed by atoms with Crippen LogP contribution in [-0.4, -0.2) is 60.0 Å². The lowest BCUT2D eigenvalue weighted by Gasteiger charge is -2.33. The average molecular weight is 332 g/mol. The fraction of sp³-hybridized carbons (Fsp3) is 0.556. The van der Waals surface area contributed by atoms with E-state index in [1.807, 2.05) is 32.0 Å². The molecule has 1 aromatic carbocycles. The third kappa shape index (κ3) is 3.05. The van der Waals surface area contributed by atoms with Gasteiger partial charge in [-0.1, -0.05) is 12.1 Å². The van der Waals surface area contributed by atoms with Crippen LogP contribution in [0.3, 0.4) is 0 Å². The molecule has 2 amide bonds. The molecule has 1 aromatic rings. The van der Waals surface area contributed by atoms with Gasteiger partial charge in [-0.05, 0) is 38.8 Å². The molecular formula is C18H24N2O4. The van der Waals surface area contributed by atoms with Gasteiger partial charge in [0, 0.05) is 19.6 Å². The minimum Gasteiger partial charge on any atom is -0.485 e. The summed E-state index contributed by atoms with van der Waals surface area (Å²) in [5.74, 6) is 1.10. The molecule has 1 fully saturated rings. The van der Waals surface area contributed by atoms with Crippen molar-refractivity contribution in [2.24, 2.45) is 0 Å². The first-order valence-electron chi connectivity index (χ1n) is 8.63. The van der Waals surface area contributed by atoms with Crippen molar-refractivity contribution >= 4 is 11.8 Å². The molecular weight excluding hydrogens is 308 g/mol. The molecule has 0 unspecified atom stereocenters. The number of hydrogen-bond donors (Lipinski definition) is 0. The summed E-state index contributed by atoms with van der Waals surface area (Å²) in [6, 6.07) is 6.94. The van der Waals surface area contributed by atoms with Gasteiger partial charge >= 0.3 is 0 Å². The third-order valence-electron chi connectivity index (χ3n) is 4.68. The van der Waals surface area contributed by atoms with Crippen LogP contribution in [0.2, 0.25) is 0 Å². The Morgan fingerprint density at radius 2 is 1.92 bits per heavy atom. The highest BCUT2D eigenvalue weighted by molar-refractivity contribution is 5.90. The van der Waals surface area contributed by atoms with Gasteiger partial charge in [-0.15, -0.1) is 0 Å². The number of amides is 2. The Balaban J connectivity index is 1.71. The number of benzene rings is 1. The molecule has 3 rings (SSSR count). The van der Waals surface area contributed by atoms with Crippen LogP contribution in [-0.2, 0) is 9.59 Å². The lowest BCUT2D eigenvalue weighted by molar-refractivity contribution is -0.149. The predicted octanol–water partition coefficient (Wildman–Crippen LogP) is 1.69. The molecule has 0 aliphatic carbocycles. The van der Waals surface area contributed by atoms with E-state index in [1.54, 1.807) is 15.9 Å². The standard InChI is InChI=1S/C18H24N2O4/c1-3-19(4-2)17(21)13-8-7-11-20(13)18(22)16-12-23-14-9-5-6-10-15(14)24-16/h5-6,9-10,13,16H,3-4,7-8,11-12H2,1-2H3/t13-,16-/m1/s1. The number of likely N-dealkylation sites (N-methyl/N-ethyl adjacent to an activating group) is 1. The summed E-state index contributed by atoms with van der Waals surface area (Å²) < 4.78 is 11.4. The number of hydrogen-bond acceptors (Lipinski definition) is 4. The lowest BCUT2D eigenvalue weighted by atomic mass is 10.1. The molecule has 0 spiro atoms. The van der Waals surface area contributed by atoms with Crippen LogP contribution in [0.1, 0.15) is 26.7 Å². The largest absolute Gasteiger partial charge is 0.485 e. The molecule has 0 bridgehead atoms. The van der Waals surface area contributed by atoms with E-state index in [-0.39, 0.29) is 24.5 Å². The number of ether oxygens (including phenoxy) is 2. The van der Waals surface area contributed by atoms with Crippen LogP contribution in [0.25, 0.3) is 0 Å². The Hall–Kier alpha value is -2.24. The van der Waals surface area contributed by atoms with Crippen molar-refractivity contribution < 1.29 is 19.1 Å². The number of likely N-dealkylation sites (tertiary alicyclic amines) is 1. The van der Waals surface area contributed by atoms with E-state index in [1.165, 1.54) is 0 Å². The van der Waals surface area contributed by atoms with Crippen LogP contribution >= 0.6 is 0 Å². The Kier molecular flexibility index (Phi) is 4.92. The molecule has 0 saturated carbocycles. The van der Waals surface area contributed by atoms with E-state index in [2.05, 4.69) is 0 Å². The fourth-order valence-electron chi connectivity index (χ4n) is 3.36. The molecule has 0 radical (unpaired) electrons. The van der Waals surface area contributed by atoms with Crippen molar-refractivity contribution in [2.75, 3.05) is 26.2 Å². The van der Waals surface area contributed by atoms with E-state index in [4.69, 9.17) is 9.47 Å². The highest BCUT2D eigenvalue weighted by atomic mass is 16.6. The summed E-state index contributed by atoms with van der Waals surface area (Å²) in [5.41, 5.74) is 0. The maximum Gasteiger partial charge on any atom is 0.267 e. The first-order chi connectivity index (χ1) is 11.7. The number of carbonyl (C=O) groups is 2. The van der Waals surface area contributed by atoms with Crippen LogP contribution in [0.4, 0.5) is 0 Å². The van der Waals surface area contributed by atoms with Gasteiger partial charge in [-0.3, -0.25) is 9.59 Å². The number of rotatable bonds is 4. The minimum absolute atomic E-state index is 0.0305. The predicted molar refractivity (Wildman–Crippen MR) is 89.0 cm³/mol. The van der Waals surface area contributed by atoms with E-state index >= 15 is 0 Å². The van der Waals surface area contributed by atoms with Crippen molar-refractivity contribution in [1.29, 1.82) is 0 Å². The van der Waals surface area contributed by atoms with Crippen LogP contribution < -0.4 is 9.47 Å². The highest BCUT2D eigenvalue weighted by Gasteiger charge is 2.40. The zero-order chi connectivity index (χ0) is 17.1. The van der Waals surface area contributed by atoms with Gasteiger partial charge in [0.15, 0.2) is 11.5 Å². The van der Waals surface area contributed by atoms with Crippen molar-refractivity contribution in [2.45, 2.75) is 38.8 Å². The lowest BCUT2D eigenvalue weighted by Crippen LogP contribution is -2.53. The molecule has 1 saturated heterocycles. The number of nitrogens with zero attached hydrogens (tertiary/aromatic N) is 2. The van der Waals surface area contributed by atoms with Crippen LogP contribution in [0.15, 0.2) is 24.3 Å². The molecule has 0 N–H and O–H groups in total. The Morgan fingerprint density at radius 1 is 1.21 bits per heavy atom. The summed E-state index contributed by atoms with van der Waals surface area (Å²) in [6.07, 6.45) is 0.865. The van der Waals surface area contributed by atoms with E-state index < -0.39 is 6.10 Å². The SMILES string of the molecule is CCN(CC)C(=O)[C@H]1CCCN1C(=O)[C@H]1COc2ccccc2O1. The summed E-state index contributed by atoms with van der Waals surface area (Å²) in [6.45, 7) is 6.00. The molecule has 2 aliphatic heterocycles. The average Bonchev–Trinajstić information content (AvgIpc) is 3.11. The maximum atomic E-state index is 12.9. The molecule has 2 heterocycles. The van der Waals surface area contributed by atoms with Gasteiger partial charge in [0.1, 0.15) is 12.6 Å². The smallest absolute Gasteiger partial charge is 0.267 e. The molecule has 2 atom stereocenters. The summed E-state index contributed by atoms with van der Waals surface area (Å²) in [5, 5.41) is 0. The number of fused-ring (bicyclic) bond motifs is 1. The van der Waals surface area contributed by atoms with Gasteiger partial charge in [0.05, 0.1) is 0 Å². The Morgan fingerprint density at radius 3 is 2.62 bits per heavy atom. The summed E-state index contributed by atoms with van der Waals surface area (Å²) in [4.78, 5) is 29.0. The molecule has 130 valence electrons. The van der Waals surface area contributed by atoms with Crippen molar-refractivity contribution in [3.05, 3.63) is 24.3 Å². The molecule has 0 aromatic heterocycles. The van der Waals surface area contributed by atoms with E-state index in [0.717, 1.165) is 6.42 Å². The van der Waals surface area contributed by atoms with Crippen molar-refractivity contribution in [3.63, 3.8) is 0 Å². The maximum absolute atomic E-state index is 12.9. The Labute approximate surface area is 142 Å². The Bertz CT molecular complexity index is 615. The van der Waals surface area contributed by atoms with Crippen molar-refractivity contribution in [1.82, 2.24) is 9.80 Å². The highest BCUT2D eigenvalue weighted by Crippen LogP contribution is 2.32. The summed E-state index contributed by atoms with van der Waals surface area (Å²) in [7, 11) is 0. The first kappa shape index (κ1) is 16.6. The second-order valence-corrected chi connectivity index (χ2v) is 6.06. The zero-order valence-electron chi connectivity index (χ0n) is 14.2. The van der Waals surface area contributed by atoms with Crippen molar-refractivity contribution in [3.8, 4) is 11.5 Å². The van der Waals surface area contributed by atoms with Gasteiger partial charge in [-0.2, -0.15) is 0 Å². The molecule has 6 nitrogen and oxygen atoms in total. The first-order valence-corrected chi connectivity index (χ1v) is 8.63. The zero-order valence-corrected chi connectivity index (χ0v) is 14.2. The third-order valence-corrected chi connectivity index (χ3v) is 4.68.